The maximum atomic E-state index is 13.3. The highest BCUT2D eigenvalue weighted by Gasteiger charge is 2.29. The van der Waals surface area contributed by atoms with Crippen LogP contribution in [0.1, 0.15) is 28.7 Å². The zero-order valence-electron chi connectivity index (χ0n) is 18.3. The van der Waals surface area contributed by atoms with Gasteiger partial charge in [0.15, 0.2) is 0 Å². The minimum Gasteiger partial charge on any atom is -0.280 e. The van der Waals surface area contributed by atoms with Crippen LogP contribution in [0.2, 0.25) is 0 Å². The number of nitrogens with one attached hydrogen (secondary N) is 1. The van der Waals surface area contributed by atoms with E-state index in [1.807, 2.05) is 19.9 Å². The first-order valence-corrected chi connectivity index (χ1v) is 13.3. The maximum Gasteiger partial charge on any atom is 0.264 e. The Kier molecular flexibility index (Phi) is 5.77. The van der Waals surface area contributed by atoms with Crippen LogP contribution in [-0.2, 0) is 26.5 Å². The Labute approximate surface area is 190 Å². The molecular weight excluding hydrogens is 444 g/mol. The van der Waals surface area contributed by atoms with Gasteiger partial charge in [-0.05, 0) is 86.2 Å². The molecule has 0 saturated carbocycles. The number of rotatable bonds is 5. The molecule has 0 saturated heterocycles. The van der Waals surface area contributed by atoms with Gasteiger partial charge in [0.05, 0.1) is 21.2 Å². The average Bonchev–Trinajstić information content (AvgIpc) is 2.76. The molecule has 168 valence electrons. The van der Waals surface area contributed by atoms with Crippen LogP contribution in [-0.4, -0.2) is 23.4 Å². The molecule has 32 heavy (non-hydrogen) atoms. The number of nitrogens with zero attached hydrogens (tertiary/aromatic N) is 1. The average molecular weight is 471 g/mol. The first-order chi connectivity index (χ1) is 15.1. The van der Waals surface area contributed by atoms with Gasteiger partial charge < -0.3 is 0 Å². The van der Waals surface area contributed by atoms with Gasteiger partial charge in [0.25, 0.3) is 20.0 Å². The van der Waals surface area contributed by atoms with Crippen molar-refractivity contribution in [2.24, 2.45) is 0 Å². The first kappa shape index (κ1) is 22.4. The molecule has 0 atom stereocenters. The van der Waals surface area contributed by atoms with Gasteiger partial charge in [-0.15, -0.1) is 0 Å². The van der Waals surface area contributed by atoms with Gasteiger partial charge in [0.2, 0.25) is 0 Å². The smallest absolute Gasteiger partial charge is 0.264 e. The van der Waals surface area contributed by atoms with E-state index in [1.54, 1.807) is 61.5 Å². The molecule has 0 aromatic heterocycles. The van der Waals surface area contributed by atoms with Crippen LogP contribution in [0.25, 0.3) is 0 Å². The third kappa shape index (κ3) is 4.12. The normalized spacial score (nSPS) is 14.2. The van der Waals surface area contributed by atoms with Crippen LogP contribution in [0.4, 0.5) is 11.4 Å². The molecule has 0 amide bonds. The predicted molar refractivity (Wildman–Crippen MR) is 127 cm³/mol. The van der Waals surface area contributed by atoms with Crippen LogP contribution in [0.15, 0.2) is 70.5 Å². The Morgan fingerprint density at radius 3 is 2.22 bits per heavy atom. The van der Waals surface area contributed by atoms with Crippen LogP contribution >= 0.6 is 0 Å². The molecule has 0 fully saturated rings. The fourth-order valence-corrected chi connectivity index (χ4v) is 6.92. The lowest BCUT2D eigenvalue weighted by molar-refractivity contribution is 0.586. The number of anilines is 2. The Bertz CT molecular complexity index is 1380. The van der Waals surface area contributed by atoms with Crippen molar-refractivity contribution in [3.63, 3.8) is 0 Å². The van der Waals surface area contributed by atoms with E-state index < -0.39 is 20.0 Å². The molecule has 0 bridgehead atoms. The van der Waals surface area contributed by atoms with E-state index in [-0.39, 0.29) is 9.79 Å². The van der Waals surface area contributed by atoms with Gasteiger partial charge in [0, 0.05) is 6.54 Å². The molecule has 6 nitrogen and oxygen atoms in total. The molecule has 0 radical (unpaired) electrons. The standard InChI is InChI=1S/C24H26N2O4S2/c1-17-14-19(3)24(15-18(17)2)31(27,28)25-21-12-11-20-8-7-13-26(23(20)16-21)32(29,30)22-9-5-4-6-10-22/h4-6,9-12,14-16,25H,7-8,13H2,1-3H3. The van der Waals surface area contributed by atoms with Gasteiger partial charge in [-0.2, -0.15) is 0 Å². The van der Waals surface area contributed by atoms with E-state index in [1.165, 1.54) is 4.31 Å². The van der Waals surface area contributed by atoms with Gasteiger partial charge in [-0.3, -0.25) is 9.03 Å². The number of hydrogen-bond donors (Lipinski definition) is 1. The highest BCUT2D eigenvalue weighted by atomic mass is 32.2. The van der Waals surface area contributed by atoms with E-state index in [0.29, 0.717) is 29.9 Å². The van der Waals surface area contributed by atoms with E-state index in [4.69, 9.17) is 0 Å². The molecular formula is C24H26N2O4S2. The largest absolute Gasteiger partial charge is 0.280 e. The van der Waals surface area contributed by atoms with Crippen molar-refractivity contribution >= 4 is 31.4 Å². The summed E-state index contributed by atoms with van der Waals surface area (Å²) < 4.78 is 56.8. The Morgan fingerprint density at radius 1 is 0.812 bits per heavy atom. The lowest BCUT2D eigenvalue weighted by atomic mass is 10.0. The molecule has 8 heteroatoms. The van der Waals surface area contributed by atoms with Crippen LogP contribution in [0, 0.1) is 20.8 Å². The number of aryl methyl sites for hydroxylation is 4. The summed E-state index contributed by atoms with van der Waals surface area (Å²) in [7, 11) is -7.58. The van der Waals surface area contributed by atoms with Gasteiger partial charge in [-0.25, -0.2) is 16.8 Å². The summed E-state index contributed by atoms with van der Waals surface area (Å²) in [6.45, 7) is 5.93. The van der Waals surface area contributed by atoms with Crippen LogP contribution < -0.4 is 9.03 Å². The second-order valence-corrected chi connectivity index (χ2v) is 11.7. The first-order valence-electron chi connectivity index (χ1n) is 10.4. The highest BCUT2D eigenvalue weighted by Crippen LogP contribution is 2.35. The predicted octanol–water partition coefficient (Wildman–Crippen LogP) is 4.55. The van der Waals surface area contributed by atoms with Crippen molar-refractivity contribution in [2.45, 2.75) is 43.4 Å². The molecule has 1 aliphatic heterocycles. The van der Waals surface area contributed by atoms with Crippen LogP contribution in [0.3, 0.4) is 0 Å². The monoisotopic (exact) mass is 470 g/mol. The third-order valence-electron chi connectivity index (χ3n) is 5.83. The van der Waals surface area contributed by atoms with Crippen molar-refractivity contribution < 1.29 is 16.8 Å². The number of sulfonamides is 2. The zero-order valence-corrected chi connectivity index (χ0v) is 19.9. The molecule has 3 aromatic carbocycles. The highest BCUT2D eigenvalue weighted by molar-refractivity contribution is 7.93. The van der Waals surface area contributed by atoms with E-state index >= 15 is 0 Å². The van der Waals surface area contributed by atoms with Crippen molar-refractivity contribution in [3.05, 3.63) is 82.9 Å². The minimum atomic E-state index is -3.83. The molecule has 0 spiro atoms. The second kappa shape index (κ2) is 8.26. The van der Waals surface area contributed by atoms with Gasteiger partial charge in [0.1, 0.15) is 0 Å². The molecule has 3 aromatic rings. The SMILES string of the molecule is Cc1cc(C)c(S(=O)(=O)Nc2ccc3c(c2)N(S(=O)(=O)c2ccccc2)CCC3)cc1C. The molecule has 1 heterocycles. The van der Waals surface area contributed by atoms with Gasteiger partial charge in [-0.1, -0.05) is 30.3 Å². The number of hydrogen-bond acceptors (Lipinski definition) is 4. The topological polar surface area (TPSA) is 83.6 Å². The summed E-state index contributed by atoms with van der Waals surface area (Å²) in [6, 6.07) is 16.9. The number of benzene rings is 3. The minimum absolute atomic E-state index is 0.213. The number of fused-ring (bicyclic) bond motifs is 1. The lowest BCUT2D eigenvalue weighted by Crippen LogP contribution is -2.35. The van der Waals surface area contributed by atoms with Crippen molar-refractivity contribution in [3.8, 4) is 0 Å². The fraction of sp³-hybridized carbons (Fsp3) is 0.250. The maximum absolute atomic E-state index is 13.3. The Balaban J connectivity index is 1.72. The van der Waals surface area contributed by atoms with E-state index in [0.717, 1.165) is 23.1 Å². The quantitative estimate of drug-likeness (QED) is 0.593. The summed E-state index contributed by atoms with van der Waals surface area (Å²) in [5.41, 5.74) is 4.29. The van der Waals surface area contributed by atoms with Crippen molar-refractivity contribution in [1.29, 1.82) is 0 Å². The summed E-state index contributed by atoms with van der Waals surface area (Å²) in [6.07, 6.45) is 1.44. The third-order valence-corrected chi connectivity index (χ3v) is 9.18. The summed E-state index contributed by atoms with van der Waals surface area (Å²) in [5, 5.41) is 0. The van der Waals surface area contributed by atoms with Crippen molar-refractivity contribution in [2.75, 3.05) is 15.6 Å². The van der Waals surface area contributed by atoms with E-state index in [2.05, 4.69) is 4.72 Å². The molecule has 1 aliphatic rings. The summed E-state index contributed by atoms with van der Waals surface area (Å²) in [4.78, 5) is 0.427. The molecule has 0 aliphatic carbocycles. The lowest BCUT2D eigenvalue weighted by Gasteiger charge is -2.31. The van der Waals surface area contributed by atoms with Crippen molar-refractivity contribution in [1.82, 2.24) is 0 Å². The van der Waals surface area contributed by atoms with Crippen LogP contribution in [0.5, 0.6) is 0 Å². The molecule has 4 rings (SSSR count). The molecule has 1 N–H and O–H groups in total. The summed E-state index contributed by atoms with van der Waals surface area (Å²) >= 11 is 0. The second-order valence-electron chi connectivity index (χ2n) is 8.14. The van der Waals surface area contributed by atoms with Gasteiger partial charge >= 0.3 is 0 Å². The Hall–Kier alpha value is -2.84. The summed E-state index contributed by atoms with van der Waals surface area (Å²) in [5.74, 6) is 0. The zero-order chi connectivity index (χ0) is 23.1. The molecule has 0 unspecified atom stereocenters. The Morgan fingerprint density at radius 2 is 1.50 bits per heavy atom. The fourth-order valence-electron chi connectivity index (χ4n) is 4.01. The van der Waals surface area contributed by atoms with E-state index in [9.17, 15) is 16.8 Å².